The number of aliphatic hydroxyl groups excluding tert-OH is 1. The molecule has 1 aliphatic carbocycles. The Morgan fingerprint density at radius 3 is 2.93 bits per heavy atom. The number of hydrogen-bond donors (Lipinski definition) is 2. The molecule has 0 spiro atoms. The molecule has 0 aromatic carbocycles. The first-order valence-corrected chi connectivity index (χ1v) is 5.31. The van der Waals surface area contributed by atoms with Crippen LogP contribution in [0, 0.1) is 0 Å². The van der Waals surface area contributed by atoms with Gasteiger partial charge in [-0.25, -0.2) is 0 Å². The summed E-state index contributed by atoms with van der Waals surface area (Å²) in [6.45, 7) is 0. The highest BCUT2D eigenvalue weighted by Crippen LogP contribution is 2.28. The predicted octanol–water partition coefficient (Wildman–Crippen LogP) is 0.976. The van der Waals surface area contributed by atoms with Gasteiger partial charge in [0.1, 0.15) is 5.69 Å². The summed E-state index contributed by atoms with van der Waals surface area (Å²) >= 11 is 0. The van der Waals surface area contributed by atoms with Crippen molar-refractivity contribution >= 4 is 5.69 Å². The van der Waals surface area contributed by atoms with E-state index in [1.54, 1.807) is 23.9 Å². The van der Waals surface area contributed by atoms with Crippen molar-refractivity contribution in [1.82, 2.24) is 4.57 Å². The summed E-state index contributed by atoms with van der Waals surface area (Å²) < 4.78 is 1.64. The molecule has 1 aromatic heterocycles. The molecule has 2 rings (SSSR count). The normalized spacial score (nSPS) is 25.5. The minimum Gasteiger partial charge on any atom is -0.391 e. The van der Waals surface area contributed by atoms with Crippen LogP contribution < -0.4 is 10.9 Å². The van der Waals surface area contributed by atoms with E-state index >= 15 is 0 Å². The van der Waals surface area contributed by atoms with Crippen LogP contribution in [0.15, 0.2) is 23.1 Å². The number of aromatic nitrogens is 1. The van der Waals surface area contributed by atoms with Crippen LogP contribution in [0.3, 0.4) is 0 Å². The fourth-order valence-corrected chi connectivity index (χ4v) is 2.21. The van der Waals surface area contributed by atoms with Gasteiger partial charge in [0.15, 0.2) is 0 Å². The number of hydrogen-bond acceptors (Lipinski definition) is 3. The van der Waals surface area contributed by atoms with Crippen molar-refractivity contribution in [1.29, 1.82) is 0 Å². The SMILES string of the molecule is CNc1cccn([C@@H]2CCC[C@@H]2O)c1=O. The van der Waals surface area contributed by atoms with Crippen molar-refractivity contribution in [2.75, 3.05) is 12.4 Å². The third kappa shape index (κ3) is 1.77. The standard InChI is InChI=1S/C11H16N2O2/c1-12-8-4-3-7-13(11(8)15)9-5-2-6-10(9)14/h3-4,7,9-10,12,14H,2,5-6H2,1H3/t9-,10+/m1/s1. The molecule has 1 saturated carbocycles. The highest BCUT2D eigenvalue weighted by Gasteiger charge is 2.27. The second-order valence-electron chi connectivity index (χ2n) is 3.95. The molecule has 1 heterocycles. The van der Waals surface area contributed by atoms with Gasteiger partial charge in [0.25, 0.3) is 5.56 Å². The third-order valence-electron chi connectivity index (χ3n) is 3.05. The molecule has 0 aliphatic heterocycles. The fourth-order valence-electron chi connectivity index (χ4n) is 2.21. The second-order valence-corrected chi connectivity index (χ2v) is 3.95. The number of anilines is 1. The lowest BCUT2D eigenvalue weighted by atomic mass is 10.2. The predicted molar refractivity (Wildman–Crippen MR) is 59.1 cm³/mol. The van der Waals surface area contributed by atoms with E-state index in [1.807, 2.05) is 6.07 Å². The summed E-state index contributed by atoms with van der Waals surface area (Å²) in [7, 11) is 1.73. The third-order valence-corrected chi connectivity index (χ3v) is 3.05. The lowest BCUT2D eigenvalue weighted by Crippen LogP contribution is -2.29. The largest absolute Gasteiger partial charge is 0.391 e. The minimum atomic E-state index is -0.380. The van der Waals surface area contributed by atoms with Gasteiger partial charge in [0.05, 0.1) is 12.1 Å². The zero-order valence-electron chi connectivity index (χ0n) is 8.81. The molecule has 0 saturated heterocycles. The topological polar surface area (TPSA) is 54.3 Å². The molecular formula is C11H16N2O2. The van der Waals surface area contributed by atoms with Gasteiger partial charge in [-0.3, -0.25) is 4.79 Å². The summed E-state index contributed by atoms with van der Waals surface area (Å²) in [5, 5.41) is 12.6. The Morgan fingerprint density at radius 2 is 2.33 bits per heavy atom. The molecule has 4 heteroatoms. The first-order valence-electron chi connectivity index (χ1n) is 5.31. The van der Waals surface area contributed by atoms with Crippen molar-refractivity contribution < 1.29 is 5.11 Å². The van der Waals surface area contributed by atoms with E-state index in [0.29, 0.717) is 5.69 Å². The lowest BCUT2D eigenvalue weighted by molar-refractivity contribution is 0.135. The van der Waals surface area contributed by atoms with Gasteiger partial charge in [-0.05, 0) is 31.4 Å². The average Bonchev–Trinajstić information content (AvgIpc) is 2.65. The first-order chi connectivity index (χ1) is 7.24. The van der Waals surface area contributed by atoms with Gasteiger partial charge in [0, 0.05) is 13.2 Å². The first kappa shape index (κ1) is 10.2. The van der Waals surface area contributed by atoms with Crippen molar-refractivity contribution in [2.24, 2.45) is 0 Å². The van der Waals surface area contributed by atoms with Gasteiger partial charge in [0.2, 0.25) is 0 Å². The molecule has 2 N–H and O–H groups in total. The van der Waals surface area contributed by atoms with Gasteiger partial charge in [-0.1, -0.05) is 0 Å². The summed E-state index contributed by atoms with van der Waals surface area (Å²) in [4.78, 5) is 11.9. The van der Waals surface area contributed by atoms with E-state index in [-0.39, 0.29) is 17.7 Å². The van der Waals surface area contributed by atoms with Crippen molar-refractivity contribution in [3.8, 4) is 0 Å². The molecule has 82 valence electrons. The molecule has 1 fully saturated rings. The van der Waals surface area contributed by atoms with Crippen molar-refractivity contribution in [3.63, 3.8) is 0 Å². The maximum Gasteiger partial charge on any atom is 0.274 e. The molecule has 0 bridgehead atoms. The number of nitrogens with zero attached hydrogens (tertiary/aromatic N) is 1. The molecule has 2 atom stereocenters. The van der Waals surface area contributed by atoms with Crippen LogP contribution in [0.1, 0.15) is 25.3 Å². The van der Waals surface area contributed by atoms with Gasteiger partial charge in [-0.15, -0.1) is 0 Å². The molecule has 0 unspecified atom stereocenters. The van der Waals surface area contributed by atoms with Crippen LogP contribution in [0.25, 0.3) is 0 Å². The van der Waals surface area contributed by atoms with Gasteiger partial charge in [-0.2, -0.15) is 0 Å². The molecule has 15 heavy (non-hydrogen) atoms. The summed E-state index contributed by atoms with van der Waals surface area (Å²) in [5.41, 5.74) is 0.530. The zero-order valence-corrected chi connectivity index (χ0v) is 8.81. The Kier molecular flexibility index (Phi) is 2.77. The van der Waals surface area contributed by atoms with E-state index in [9.17, 15) is 9.90 Å². The Hall–Kier alpha value is -1.29. The molecule has 0 amide bonds. The molecule has 4 nitrogen and oxygen atoms in total. The Morgan fingerprint density at radius 1 is 1.53 bits per heavy atom. The van der Waals surface area contributed by atoms with Crippen molar-refractivity contribution in [3.05, 3.63) is 28.7 Å². The highest BCUT2D eigenvalue weighted by atomic mass is 16.3. The van der Waals surface area contributed by atoms with Gasteiger partial charge < -0.3 is 15.0 Å². The molecule has 1 aliphatic rings. The quantitative estimate of drug-likeness (QED) is 0.761. The number of nitrogens with one attached hydrogen (secondary N) is 1. The van der Waals surface area contributed by atoms with Crippen LogP contribution >= 0.6 is 0 Å². The van der Waals surface area contributed by atoms with E-state index < -0.39 is 0 Å². The summed E-state index contributed by atoms with van der Waals surface area (Å²) in [5.74, 6) is 0. The van der Waals surface area contributed by atoms with E-state index in [1.165, 1.54) is 0 Å². The average molecular weight is 208 g/mol. The molecular weight excluding hydrogens is 192 g/mol. The second kappa shape index (κ2) is 4.06. The fraction of sp³-hybridized carbons (Fsp3) is 0.545. The van der Waals surface area contributed by atoms with Crippen LogP contribution in [0.2, 0.25) is 0 Å². The van der Waals surface area contributed by atoms with Crippen LogP contribution in [-0.2, 0) is 0 Å². The summed E-state index contributed by atoms with van der Waals surface area (Å²) in [6.07, 6.45) is 4.04. The van der Waals surface area contributed by atoms with Crippen molar-refractivity contribution in [2.45, 2.75) is 31.4 Å². The minimum absolute atomic E-state index is 0.0500. The van der Waals surface area contributed by atoms with E-state index in [4.69, 9.17) is 0 Å². The molecule has 0 radical (unpaired) electrons. The molecule has 1 aromatic rings. The lowest BCUT2D eigenvalue weighted by Gasteiger charge is -2.18. The maximum absolute atomic E-state index is 11.9. The van der Waals surface area contributed by atoms with Crippen LogP contribution in [0.4, 0.5) is 5.69 Å². The van der Waals surface area contributed by atoms with E-state index in [2.05, 4.69) is 5.32 Å². The highest BCUT2D eigenvalue weighted by molar-refractivity contribution is 5.39. The van der Waals surface area contributed by atoms with Crippen LogP contribution in [-0.4, -0.2) is 22.8 Å². The van der Waals surface area contributed by atoms with E-state index in [0.717, 1.165) is 19.3 Å². The number of pyridine rings is 1. The Balaban J connectivity index is 2.40. The smallest absolute Gasteiger partial charge is 0.274 e. The zero-order chi connectivity index (χ0) is 10.8. The maximum atomic E-state index is 11.9. The summed E-state index contributed by atoms with van der Waals surface area (Å²) in [6, 6.07) is 3.53. The van der Waals surface area contributed by atoms with Gasteiger partial charge >= 0.3 is 0 Å². The van der Waals surface area contributed by atoms with Crippen LogP contribution in [0.5, 0.6) is 0 Å². The number of rotatable bonds is 2. The Labute approximate surface area is 88.6 Å². The monoisotopic (exact) mass is 208 g/mol. The number of aliphatic hydroxyl groups is 1. The Bertz CT molecular complexity index is 400.